The predicted molar refractivity (Wildman–Crippen MR) is 57.2 cm³/mol. The lowest BCUT2D eigenvalue weighted by atomic mass is 9.96. The largest absolute Gasteiger partial charge is 0.465 e. The fourth-order valence-corrected chi connectivity index (χ4v) is 1.89. The molecule has 0 spiro atoms. The second kappa shape index (κ2) is 5.16. The van der Waals surface area contributed by atoms with Crippen LogP contribution in [0.15, 0.2) is 11.6 Å². The molecule has 84 valence electrons. The van der Waals surface area contributed by atoms with E-state index in [9.17, 15) is 9.59 Å². The Balaban J connectivity index is 2.77. The van der Waals surface area contributed by atoms with Gasteiger partial charge in [-0.2, -0.15) is 0 Å². The maximum atomic E-state index is 11.3. The van der Waals surface area contributed by atoms with Crippen LogP contribution in [0.5, 0.6) is 0 Å². The summed E-state index contributed by atoms with van der Waals surface area (Å²) in [6.07, 6.45) is 1.91. The molecule has 5 heteroatoms. The summed E-state index contributed by atoms with van der Waals surface area (Å²) in [5.41, 5.74) is 0.661. The van der Waals surface area contributed by atoms with E-state index in [1.807, 2.05) is 6.92 Å². The zero-order valence-corrected chi connectivity index (χ0v) is 9.33. The van der Waals surface area contributed by atoms with Crippen LogP contribution in [0.2, 0.25) is 0 Å². The first-order valence-electron chi connectivity index (χ1n) is 4.87. The first-order valence-corrected chi connectivity index (χ1v) is 5.41. The number of carbonyl (C=O) groups excluding carboxylic acids is 1. The monoisotopic (exact) mass is 231 g/mol. The van der Waals surface area contributed by atoms with E-state index in [0.717, 1.165) is 0 Å². The third-order valence-electron chi connectivity index (χ3n) is 2.63. The molecule has 1 atom stereocenters. The van der Waals surface area contributed by atoms with Gasteiger partial charge in [-0.1, -0.05) is 13.0 Å². The first kappa shape index (κ1) is 12.0. The van der Waals surface area contributed by atoms with Crippen molar-refractivity contribution in [3.8, 4) is 0 Å². The average molecular weight is 232 g/mol. The van der Waals surface area contributed by atoms with Crippen LogP contribution in [0, 0.1) is 0 Å². The van der Waals surface area contributed by atoms with Crippen LogP contribution in [-0.4, -0.2) is 40.3 Å². The summed E-state index contributed by atoms with van der Waals surface area (Å²) in [5.74, 6) is -0.129. The minimum Gasteiger partial charge on any atom is -0.465 e. The molecule has 1 rings (SSSR count). The van der Waals surface area contributed by atoms with Gasteiger partial charge in [0.25, 0.3) is 0 Å². The topological polar surface area (TPSA) is 57.6 Å². The molecule has 4 nitrogen and oxygen atoms in total. The number of nitrogens with zero attached hydrogens (tertiary/aromatic N) is 1. The fourth-order valence-electron chi connectivity index (χ4n) is 1.72. The summed E-state index contributed by atoms with van der Waals surface area (Å²) >= 11 is 5.45. The van der Waals surface area contributed by atoms with Crippen molar-refractivity contribution >= 4 is 23.5 Å². The summed E-state index contributed by atoms with van der Waals surface area (Å²) in [7, 11) is 0. The molecule has 0 saturated heterocycles. The quantitative estimate of drug-likeness (QED) is 0.755. The van der Waals surface area contributed by atoms with Crippen LogP contribution in [0.4, 0.5) is 4.79 Å². The van der Waals surface area contributed by atoms with Crippen LogP contribution in [0.25, 0.3) is 0 Å². The van der Waals surface area contributed by atoms with Gasteiger partial charge in [0.2, 0.25) is 0 Å². The van der Waals surface area contributed by atoms with Gasteiger partial charge in [0.15, 0.2) is 5.78 Å². The number of carboxylic acid groups (broad SMARTS) is 1. The highest BCUT2D eigenvalue weighted by Gasteiger charge is 2.27. The maximum absolute atomic E-state index is 11.3. The molecule has 0 bridgehead atoms. The third-order valence-corrected chi connectivity index (χ3v) is 2.87. The van der Waals surface area contributed by atoms with Crippen molar-refractivity contribution in [1.82, 2.24) is 4.90 Å². The lowest BCUT2D eigenvalue weighted by molar-refractivity contribution is -0.113. The average Bonchev–Trinajstić information content (AvgIpc) is 2.26. The van der Waals surface area contributed by atoms with E-state index in [4.69, 9.17) is 16.7 Å². The molecular formula is C10H14ClNO3. The molecule has 0 aliphatic carbocycles. The zero-order valence-electron chi connectivity index (χ0n) is 8.57. The molecule has 15 heavy (non-hydrogen) atoms. The summed E-state index contributed by atoms with van der Waals surface area (Å²) < 4.78 is 0. The molecule has 0 saturated carbocycles. The van der Waals surface area contributed by atoms with Gasteiger partial charge in [-0.15, -0.1) is 11.6 Å². The van der Waals surface area contributed by atoms with Crippen molar-refractivity contribution in [2.24, 2.45) is 0 Å². The minimum absolute atomic E-state index is 0.0324. The van der Waals surface area contributed by atoms with E-state index in [0.29, 0.717) is 18.4 Å². The maximum Gasteiger partial charge on any atom is 0.407 e. The Hall–Kier alpha value is -1.03. The number of Topliss-reactive ketones (excluding diaryl/α,β-unsaturated/α-hetero) is 1. The molecular weight excluding hydrogens is 218 g/mol. The summed E-state index contributed by atoms with van der Waals surface area (Å²) in [4.78, 5) is 23.5. The highest BCUT2D eigenvalue weighted by atomic mass is 35.5. The molecule has 0 unspecified atom stereocenters. The molecule has 0 fully saturated rings. The van der Waals surface area contributed by atoms with E-state index in [2.05, 4.69) is 0 Å². The highest BCUT2D eigenvalue weighted by molar-refractivity contribution is 6.30. The molecule has 1 aliphatic heterocycles. The van der Waals surface area contributed by atoms with Crippen molar-refractivity contribution in [2.75, 3.05) is 12.4 Å². The van der Waals surface area contributed by atoms with Gasteiger partial charge in [0, 0.05) is 12.6 Å². The van der Waals surface area contributed by atoms with Crippen LogP contribution in [-0.2, 0) is 4.79 Å². The number of alkyl halides is 1. The van der Waals surface area contributed by atoms with E-state index < -0.39 is 6.09 Å². The van der Waals surface area contributed by atoms with E-state index in [1.165, 1.54) is 4.90 Å². The van der Waals surface area contributed by atoms with Gasteiger partial charge in [-0.05, 0) is 18.4 Å². The SMILES string of the molecule is CC[C@@H]1CC(C(=O)CCl)=CCN1C(=O)O. The lowest BCUT2D eigenvalue weighted by Gasteiger charge is -2.32. The minimum atomic E-state index is -0.935. The third kappa shape index (κ3) is 2.72. The molecule has 0 aromatic rings. The van der Waals surface area contributed by atoms with Crippen LogP contribution in [0.1, 0.15) is 19.8 Å². The molecule has 1 aliphatic rings. The number of rotatable bonds is 3. The van der Waals surface area contributed by atoms with Gasteiger partial charge in [-0.3, -0.25) is 4.79 Å². The zero-order chi connectivity index (χ0) is 11.4. The van der Waals surface area contributed by atoms with Gasteiger partial charge >= 0.3 is 6.09 Å². The number of amides is 1. The normalized spacial score (nSPS) is 21.1. The molecule has 0 radical (unpaired) electrons. The Kier molecular flexibility index (Phi) is 4.15. The van der Waals surface area contributed by atoms with Gasteiger partial charge in [0.05, 0.1) is 5.88 Å². The van der Waals surface area contributed by atoms with Gasteiger partial charge in [-0.25, -0.2) is 4.79 Å². The van der Waals surface area contributed by atoms with Crippen LogP contribution in [0.3, 0.4) is 0 Å². The Morgan fingerprint density at radius 3 is 2.80 bits per heavy atom. The summed E-state index contributed by atoms with van der Waals surface area (Å²) in [6.45, 7) is 2.19. The Morgan fingerprint density at radius 1 is 1.67 bits per heavy atom. The van der Waals surface area contributed by atoms with E-state index in [-0.39, 0.29) is 24.2 Å². The van der Waals surface area contributed by atoms with E-state index in [1.54, 1.807) is 6.08 Å². The number of carbonyl (C=O) groups is 2. The summed E-state index contributed by atoms with van der Waals surface area (Å²) in [6, 6.07) is -0.102. The Morgan fingerprint density at radius 2 is 2.33 bits per heavy atom. The van der Waals surface area contributed by atoms with Gasteiger partial charge < -0.3 is 10.0 Å². The molecule has 1 amide bonds. The van der Waals surface area contributed by atoms with Crippen molar-refractivity contribution in [1.29, 1.82) is 0 Å². The summed E-state index contributed by atoms with van der Waals surface area (Å²) in [5, 5.41) is 8.91. The molecule has 0 aromatic heterocycles. The smallest absolute Gasteiger partial charge is 0.407 e. The fraction of sp³-hybridized carbons (Fsp3) is 0.600. The number of halogens is 1. The van der Waals surface area contributed by atoms with Crippen molar-refractivity contribution in [2.45, 2.75) is 25.8 Å². The van der Waals surface area contributed by atoms with E-state index >= 15 is 0 Å². The van der Waals surface area contributed by atoms with Crippen molar-refractivity contribution < 1.29 is 14.7 Å². The number of ketones is 1. The molecule has 1 N–H and O–H groups in total. The van der Waals surface area contributed by atoms with Crippen LogP contribution >= 0.6 is 11.6 Å². The van der Waals surface area contributed by atoms with Gasteiger partial charge in [0.1, 0.15) is 0 Å². The second-order valence-corrected chi connectivity index (χ2v) is 3.75. The Bertz CT molecular complexity index is 301. The van der Waals surface area contributed by atoms with Crippen LogP contribution < -0.4 is 0 Å². The first-order chi connectivity index (χ1) is 7.10. The number of hydrogen-bond acceptors (Lipinski definition) is 2. The molecule has 1 heterocycles. The standard InChI is InChI=1S/C10H14ClNO3/c1-2-8-5-7(9(13)6-11)3-4-12(8)10(14)15/h3,8H,2,4-6H2,1H3,(H,14,15)/t8-/m1/s1. The number of hydrogen-bond donors (Lipinski definition) is 1. The highest BCUT2D eigenvalue weighted by Crippen LogP contribution is 2.21. The Labute approximate surface area is 93.5 Å². The lowest BCUT2D eigenvalue weighted by Crippen LogP contribution is -2.42. The second-order valence-electron chi connectivity index (χ2n) is 3.49. The van der Waals surface area contributed by atoms with Crippen molar-refractivity contribution in [3.05, 3.63) is 11.6 Å². The van der Waals surface area contributed by atoms with Crippen molar-refractivity contribution in [3.63, 3.8) is 0 Å². The molecule has 0 aromatic carbocycles. The predicted octanol–water partition coefficient (Wildman–Crippen LogP) is 1.88.